The fourth-order valence-corrected chi connectivity index (χ4v) is 4.71. The maximum atomic E-state index is 9.53. The highest BCUT2D eigenvalue weighted by molar-refractivity contribution is 5.49. The van der Waals surface area contributed by atoms with Gasteiger partial charge in [-0.25, -0.2) is 9.97 Å². The number of hydrogen-bond acceptors (Lipinski definition) is 6. The van der Waals surface area contributed by atoms with Gasteiger partial charge in [-0.3, -0.25) is 4.90 Å². The minimum absolute atomic E-state index is 0.250. The SMILES string of the molecule is CC1CCN(C(CNc2cc(N3CCCC(CO)C3)ncn2)c2ccccc2)CC1. The number of aromatic nitrogens is 2. The van der Waals surface area contributed by atoms with Crippen LogP contribution >= 0.6 is 0 Å². The van der Waals surface area contributed by atoms with Crippen molar-refractivity contribution in [1.29, 1.82) is 0 Å². The fourth-order valence-electron chi connectivity index (χ4n) is 4.71. The molecule has 0 radical (unpaired) electrons. The summed E-state index contributed by atoms with van der Waals surface area (Å²) in [5.74, 6) is 2.99. The van der Waals surface area contributed by atoms with Crippen LogP contribution in [0.5, 0.6) is 0 Å². The van der Waals surface area contributed by atoms with Crippen molar-refractivity contribution >= 4 is 11.6 Å². The number of anilines is 2. The number of likely N-dealkylation sites (tertiary alicyclic amines) is 1. The lowest BCUT2D eigenvalue weighted by Gasteiger charge is -2.37. The molecule has 6 nitrogen and oxygen atoms in total. The Hall–Kier alpha value is -2.18. The van der Waals surface area contributed by atoms with Crippen molar-refractivity contribution in [2.45, 2.75) is 38.6 Å². The van der Waals surface area contributed by atoms with Crippen LogP contribution < -0.4 is 10.2 Å². The smallest absolute Gasteiger partial charge is 0.134 e. The predicted octanol–water partition coefficient (Wildman–Crippen LogP) is 3.57. The van der Waals surface area contributed by atoms with Gasteiger partial charge in [-0.15, -0.1) is 0 Å². The van der Waals surface area contributed by atoms with Crippen molar-refractivity contribution < 1.29 is 5.11 Å². The molecule has 0 aliphatic carbocycles. The van der Waals surface area contributed by atoms with Gasteiger partial charge in [-0.05, 0) is 56.2 Å². The topological polar surface area (TPSA) is 64.5 Å². The molecule has 2 aliphatic rings. The summed E-state index contributed by atoms with van der Waals surface area (Å²) in [5.41, 5.74) is 1.36. The van der Waals surface area contributed by atoms with Crippen LogP contribution in [0, 0.1) is 11.8 Å². The molecule has 6 heteroatoms. The van der Waals surface area contributed by atoms with E-state index < -0.39 is 0 Å². The second kappa shape index (κ2) is 10.2. The Balaban J connectivity index is 1.44. The summed E-state index contributed by atoms with van der Waals surface area (Å²) in [6, 6.07) is 13.2. The molecule has 2 N–H and O–H groups in total. The molecule has 162 valence electrons. The van der Waals surface area contributed by atoms with Gasteiger partial charge in [0.15, 0.2) is 0 Å². The Bertz CT molecular complexity index is 778. The lowest BCUT2D eigenvalue weighted by Crippen LogP contribution is -2.39. The van der Waals surface area contributed by atoms with E-state index >= 15 is 0 Å². The van der Waals surface area contributed by atoms with E-state index in [0.717, 1.165) is 63.1 Å². The molecular formula is C24H35N5O. The minimum Gasteiger partial charge on any atom is -0.396 e. The number of benzene rings is 1. The van der Waals surface area contributed by atoms with Gasteiger partial charge in [0.05, 0.1) is 6.04 Å². The van der Waals surface area contributed by atoms with E-state index in [1.807, 2.05) is 0 Å². The lowest BCUT2D eigenvalue weighted by molar-refractivity contribution is 0.143. The molecule has 0 bridgehead atoms. The Morgan fingerprint density at radius 3 is 2.67 bits per heavy atom. The molecule has 2 atom stereocenters. The summed E-state index contributed by atoms with van der Waals surface area (Å²) in [5, 5.41) is 13.1. The first kappa shape index (κ1) is 21.1. The van der Waals surface area contributed by atoms with Crippen LogP contribution in [0.3, 0.4) is 0 Å². The van der Waals surface area contributed by atoms with Crippen molar-refractivity contribution in [2.24, 2.45) is 11.8 Å². The number of nitrogens with one attached hydrogen (secondary N) is 1. The molecule has 0 spiro atoms. The van der Waals surface area contributed by atoms with Crippen LogP contribution in [-0.4, -0.2) is 59.3 Å². The van der Waals surface area contributed by atoms with Gasteiger partial charge >= 0.3 is 0 Å². The third kappa shape index (κ3) is 5.29. The molecule has 2 unspecified atom stereocenters. The number of rotatable bonds is 7. The van der Waals surface area contributed by atoms with Crippen molar-refractivity contribution in [1.82, 2.24) is 14.9 Å². The Kier molecular flexibility index (Phi) is 7.18. The highest BCUT2D eigenvalue weighted by Crippen LogP contribution is 2.28. The summed E-state index contributed by atoms with van der Waals surface area (Å²) >= 11 is 0. The average molecular weight is 410 g/mol. The van der Waals surface area contributed by atoms with Gasteiger partial charge in [-0.2, -0.15) is 0 Å². The van der Waals surface area contributed by atoms with Crippen LogP contribution in [0.4, 0.5) is 11.6 Å². The number of hydrogen-bond donors (Lipinski definition) is 2. The first-order valence-electron chi connectivity index (χ1n) is 11.4. The molecule has 2 aliphatic heterocycles. The lowest BCUT2D eigenvalue weighted by atomic mass is 9.95. The first-order chi connectivity index (χ1) is 14.7. The van der Waals surface area contributed by atoms with Gasteiger partial charge < -0.3 is 15.3 Å². The monoisotopic (exact) mass is 409 g/mol. The molecule has 1 aromatic heterocycles. The Morgan fingerprint density at radius 1 is 1.10 bits per heavy atom. The maximum Gasteiger partial charge on any atom is 0.134 e. The number of nitrogens with zero attached hydrogens (tertiary/aromatic N) is 4. The molecule has 30 heavy (non-hydrogen) atoms. The summed E-state index contributed by atoms with van der Waals surface area (Å²) in [4.78, 5) is 13.9. The van der Waals surface area contributed by atoms with E-state index in [0.29, 0.717) is 12.0 Å². The molecule has 0 saturated carbocycles. The second-order valence-electron chi connectivity index (χ2n) is 8.92. The largest absolute Gasteiger partial charge is 0.396 e. The number of aliphatic hydroxyl groups excluding tert-OH is 1. The van der Waals surface area contributed by atoms with E-state index in [-0.39, 0.29) is 6.61 Å². The summed E-state index contributed by atoms with van der Waals surface area (Å²) in [6.07, 6.45) is 6.38. The third-order valence-corrected chi connectivity index (χ3v) is 6.67. The van der Waals surface area contributed by atoms with E-state index in [9.17, 15) is 5.11 Å². The van der Waals surface area contributed by atoms with Gasteiger partial charge in [-0.1, -0.05) is 37.3 Å². The third-order valence-electron chi connectivity index (χ3n) is 6.67. The predicted molar refractivity (Wildman–Crippen MR) is 122 cm³/mol. The summed E-state index contributed by atoms with van der Waals surface area (Å²) < 4.78 is 0. The highest BCUT2D eigenvalue weighted by Gasteiger charge is 2.25. The summed E-state index contributed by atoms with van der Waals surface area (Å²) in [7, 11) is 0. The molecule has 2 fully saturated rings. The van der Waals surface area contributed by atoms with Gasteiger partial charge in [0.1, 0.15) is 18.0 Å². The number of aliphatic hydroxyl groups is 1. The molecule has 2 aromatic rings. The van der Waals surface area contributed by atoms with E-state index in [4.69, 9.17) is 0 Å². The van der Waals surface area contributed by atoms with Crippen LogP contribution in [0.1, 0.15) is 44.2 Å². The van der Waals surface area contributed by atoms with Crippen LogP contribution in [0.15, 0.2) is 42.7 Å². The highest BCUT2D eigenvalue weighted by atomic mass is 16.3. The normalized spacial score (nSPS) is 22.1. The van der Waals surface area contributed by atoms with Crippen LogP contribution in [0.25, 0.3) is 0 Å². The molecule has 2 saturated heterocycles. The average Bonchev–Trinajstić information content (AvgIpc) is 2.81. The molecule has 1 aromatic carbocycles. The van der Waals surface area contributed by atoms with Crippen molar-refractivity contribution in [3.05, 3.63) is 48.3 Å². The van der Waals surface area contributed by atoms with Crippen LogP contribution in [-0.2, 0) is 0 Å². The second-order valence-corrected chi connectivity index (χ2v) is 8.92. The van der Waals surface area contributed by atoms with Gasteiger partial charge in [0.2, 0.25) is 0 Å². The van der Waals surface area contributed by atoms with Crippen molar-refractivity contribution in [3.8, 4) is 0 Å². The van der Waals surface area contributed by atoms with Gasteiger partial charge in [0.25, 0.3) is 0 Å². The first-order valence-corrected chi connectivity index (χ1v) is 11.4. The van der Waals surface area contributed by atoms with E-state index in [1.54, 1.807) is 6.33 Å². The quantitative estimate of drug-likeness (QED) is 0.729. The van der Waals surface area contributed by atoms with Crippen molar-refractivity contribution in [3.63, 3.8) is 0 Å². The maximum absolute atomic E-state index is 9.53. The van der Waals surface area contributed by atoms with E-state index in [2.05, 4.69) is 68.4 Å². The zero-order valence-electron chi connectivity index (χ0n) is 18.1. The molecular weight excluding hydrogens is 374 g/mol. The fraction of sp³-hybridized carbons (Fsp3) is 0.583. The molecule has 4 rings (SSSR count). The number of piperidine rings is 2. The van der Waals surface area contributed by atoms with Gasteiger partial charge in [0, 0.05) is 32.3 Å². The summed E-state index contributed by atoms with van der Waals surface area (Å²) in [6.45, 7) is 7.59. The standard InChI is InChI=1S/C24H35N5O/c1-19-9-12-28(13-10-19)22(21-7-3-2-4-8-21)15-25-23-14-24(27-18-26-23)29-11-5-6-20(16-29)17-30/h2-4,7-8,14,18-20,22,30H,5-6,9-13,15-17H2,1H3,(H,25,26,27). The molecule has 3 heterocycles. The van der Waals surface area contributed by atoms with Crippen molar-refractivity contribution in [2.75, 3.05) is 49.5 Å². The van der Waals surface area contributed by atoms with E-state index in [1.165, 1.54) is 18.4 Å². The zero-order valence-corrected chi connectivity index (χ0v) is 18.1. The zero-order chi connectivity index (χ0) is 20.8. The Labute approximate surface area is 180 Å². The molecule has 0 amide bonds. The minimum atomic E-state index is 0.250. The van der Waals surface area contributed by atoms with Crippen LogP contribution in [0.2, 0.25) is 0 Å². The Morgan fingerprint density at radius 2 is 1.90 bits per heavy atom.